The quantitative estimate of drug-likeness (QED) is 0.905. The van der Waals surface area contributed by atoms with E-state index in [1.807, 2.05) is 17.0 Å². The lowest BCUT2D eigenvalue weighted by atomic mass is 10.1. The molecule has 102 valence electrons. The van der Waals surface area contributed by atoms with Crippen LogP contribution in [-0.4, -0.2) is 35.0 Å². The Balaban J connectivity index is 1.90. The largest absolute Gasteiger partial charge is 0.478 e. The Morgan fingerprint density at radius 1 is 1.16 bits per heavy atom. The van der Waals surface area contributed by atoms with Gasteiger partial charge in [0, 0.05) is 19.5 Å². The van der Waals surface area contributed by atoms with Gasteiger partial charge < -0.3 is 10.0 Å². The maximum atomic E-state index is 11.8. The van der Waals surface area contributed by atoms with Gasteiger partial charge in [0.25, 0.3) is 0 Å². The van der Waals surface area contributed by atoms with Crippen LogP contribution >= 0.6 is 0 Å². The molecule has 0 unspecified atom stereocenters. The number of hydrogen-bond donors (Lipinski definition) is 1. The van der Waals surface area contributed by atoms with Gasteiger partial charge in [-0.25, -0.2) is 4.79 Å². The van der Waals surface area contributed by atoms with Crippen LogP contribution in [0.1, 0.15) is 41.6 Å². The van der Waals surface area contributed by atoms with E-state index in [1.54, 1.807) is 12.1 Å². The summed E-state index contributed by atoms with van der Waals surface area (Å²) in [4.78, 5) is 24.5. The number of benzene rings is 1. The molecule has 1 saturated heterocycles. The van der Waals surface area contributed by atoms with Crippen molar-refractivity contribution in [3.05, 3.63) is 35.4 Å². The molecule has 4 nitrogen and oxygen atoms in total. The second kappa shape index (κ2) is 6.36. The van der Waals surface area contributed by atoms with Crippen LogP contribution in [0.15, 0.2) is 24.3 Å². The highest BCUT2D eigenvalue weighted by Gasteiger charge is 2.15. The van der Waals surface area contributed by atoms with Crippen molar-refractivity contribution in [2.45, 2.75) is 32.1 Å². The molecule has 1 amide bonds. The van der Waals surface area contributed by atoms with Gasteiger partial charge in [0.05, 0.1) is 5.56 Å². The summed E-state index contributed by atoms with van der Waals surface area (Å²) in [5.41, 5.74) is 1.37. The molecule has 1 aliphatic heterocycles. The van der Waals surface area contributed by atoms with Gasteiger partial charge in [-0.3, -0.25) is 4.79 Å². The molecule has 4 heteroatoms. The van der Waals surface area contributed by atoms with Gasteiger partial charge in [0.15, 0.2) is 0 Å². The third-order valence-electron chi connectivity index (χ3n) is 3.54. The molecule has 1 fully saturated rings. The molecular formula is C15H19NO3. The third kappa shape index (κ3) is 3.81. The molecular weight excluding hydrogens is 242 g/mol. The molecule has 0 aliphatic carbocycles. The van der Waals surface area contributed by atoms with E-state index < -0.39 is 5.97 Å². The van der Waals surface area contributed by atoms with Crippen molar-refractivity contribution in [2.24, 2.45) is 0 Å². The van der Waals surface area contributed by atoms with Crippen molar-refractivity contribution in [1.82, 2.24) is 4.90 Å². The van der Waals surface area contributed by atoms with Gasteiger partial charge in [0.1, 0.15) is 0 Å². The van der Waals surface area contributed by atoms with Gasteiger partial charge in [-0.05, 0) is 37.0 Å². The van der Waals surface area contributed by atoms with E-state index in [4.69, 9.17) is 5.11 Å². The Hall–Kier alpha value is -1.84. The lowest BCUT2D eigenvalue weighted by Crippen LogP contribution is -2.32. The fourth-order valence-corrected chi connectivity index (χ4v) is 2.35. The van der Waals surface area contributed by atoms with Crippen LogP contribution < -0.4 is 0 Å². The number of rotatable bonds is 4. The predicted octanol–water partition coefficient (Wildman–Crippen LogP) is 2.33. The van der Waals surface area contributed by atoms with E-state index in [2.05, 4.69) is 0 Å². The number of carbonyl (C=O) groups is 2. The van der Waals surface area contributed by atoms with Crippen LogP contribution in [0.4, 0.5) is 0 Å². The van der Waals surface area contributed by atoms with E-state index in [-0.39, 0.29) is 5.91 Å². The maximum absolute atomic E-state index is 11.8. The summed E-state index contributed by atoms with van der Waals surface area (Å²) in [5, 5.41) is 8.82. The summed E-state index contributed by atoms with van der Waals surface area (Å²) >= 11 is 0. The van der Waals surface area contributed by atoms with E-state index in [0.717, 1.165) is 44.3 Å². The van der Waals surface area contributed by atoms with Gasteiger partial charge in [-0.1, -0.05) is 18.6 Å². The Morgan fingerprint density at radius 2 is 1.89 bits per heavy atom. The number of amides is 1. The number of aromatic carboxylic acids is 1. The molecule has 1 aliphatic rings. The van der Waals surface area contributed by atoms with E-state index in [1.165, 1.54) is 0 Å². The van der Waals surface area contributed by atoms with E-state index in [0.29, 0.717) is 12.0 Å². The number of nitrogens with zero attached hydrogens (tertiary/aromatic N) is 1. The molecule has 1 aromatic rings. The average Bonchev–Trinajstić information content (AvgIpc) is 2.61. The number of carboxylic acids is 1. The predicted molar refractivity (Wildman–Crippen MR) is 72.2 cm³/mol. The molecule has 0 saturated carbocycles. The highest BCUT2D eigenvalue weighted by atomic mass is 16.4. The molecule has 1 heterocycles. The van der Waals surface area contributed by atoms with Crippen molar-refractivity contribution in [2.75, 3.05) is 13.1 Å². The zero-order chi connectivity index (χ0) is 13.7. The summed E-state index contributed by atoms with van der Waals surface area (Å²) in [6, 6.07) is 6.88. The molecule has 0 bridgehead atoms. The topological polar surface area (TPSA) is 57.6 Å². The van der Waals surface area contributed by atoms with Crippen molar-refractivity contribution in [3.63, 3.8) is 0 Å². The van der Waals surface area contributed by atoms with Gasteiger partial charge in [-0.15, -0.1) is 0 Å². The first-order valence-electron chi connectivity index (χ1n) is 6.77. The van der Waals surface area contributed by atoms with Crippen LogP contribution in [0.3, 0.4) is 0 Å². The fraction of sp³-hybridized carbons (Fsp3) is 0.467. The van der Waals surface area contributed by atoms with Gasteiger partial charge in [0.2, 0.25) is 5.91 Å². The normalized spacial score (nSPS) is 16.2. The first kappa shape index (κ1) is 13.6. The lowest BCUT2D eigenvalue weighted by Gasteiger charge is -2.20. The van der Waals surface area contributed by atoms with Crippen LogP contribution in [0.2, 0.25) is 0 Å². The number of carboxylic acid groups (broad SMARTS) is 1. The Kier molecular flexibility index (Phi) is 4.55. The van der Waals surface area contributed by atoms with Crippen molar-refractivity contribution in [1.29, 1.82) is 0 Å². The number of carbonyl (C=O) groups excluding carboxylic acids is 1. The maximum Gasteiger partial charge on any atom is 0.335 e. The Bertz CT molecular complexity index is 453. The summed E-state index contributed by atoms with van der Waals surface area (Å²) in [5.74, 6) is -0.658. The second-order valence-corrected chi connectivity index (χ2v) is 4.94. The number of hydrogen-bond acceptors (Lipinski definition) is 2. The first-order valence-corrected chi connectivity index (χ1v) is 6.77. The molecule has 0 radical (unpaired) electrons. The molecule has 19 heavy (non-hydrogen) atoms. The lowest BCUT2D eigenvalue weighted by molar-refractivity contribution is -0.130. The second-order valence-electron chi connectivity index (χ2n) is 4.94. The fourth-order valence-electron chi connectivity index (χ4n) is 2.35. The number of likely N-dealkylation sites (tertiary alicyclic amines) is 1. The minimum atomic E-state index is -0.908. The highest BCUT2D eigenvalue weighted by molar-refractivity contribution is 5.87. The van der Waals surface area contributed by atoms with Crippen LogP contribution in [0, 0.1) is 0 Å². The minimum absolute atomic E-state index is 0.250. The summed E-state index contributed by atoms with van der Waals surface area (Å²) in [6.07, 6.45) is 4.67. The molecule has 0 atom stereocenters. The van der Waals surface area contributed by atoms with Crippen molar-refractivity contribution >= 4 is 11.9 Å². The van der Waals surface area contributed by atoms with Crippen LogP contribution in [0.5, 0.6) is 0 Å². The molecule has 1 N–H and O–H groups in total. The van der Waals surface area contributed by atoms with Crippen LogP contribution in [-0.2, 0) is 11.2 Å². The van der Waals surface area contributed by atoms with Gasteiger partial charge >= 0.3 is 5.97 Å². The van der Waals surface area contributed by atoms with Crippen molar-refractivity contribution in [3.8, 4) is 0 Å². The third-order valence-corrected chi connectivity index (χ3v) is 3.54. The van der Waals surface area contributed by atoms with Crippen LogP contribution in [0.25, 0.3) is 0 Å². The summed E-state index contributed by atoms with van der Waals surface area (Å²) in [7, 11) is 0. The smallest absolute Gasteiger partial charge is 0.335 e. The Labute approximate surface area is 113 Å². The minimum Gasteiger partial charge on any atom is -0.478 e. The molecule has 1 aromatic carbocycles. The average molecular weight is 261 g/mol. The molecule has 2 rings (SSSR count). The summed E-state index contributed by atoms with van der Waals surface area (Å²) < 4.78 is 0. The molecule has 0 aromatic heterocycles. The first-order chi connectivity index (χ1) is 9.16. The SMILES string of the molecule is O=C(O)c1ccc(CCN2CCCCCC2=O)cc1. The Morgan fingerprint density at radius 3 is 2.58 bits per heavy atom. The van der Waals surface area contributed by atoms with Gasteiger partial charge in [-0.2, -0.15) is 0 Å². The highest BCUT2D eigenvalue weighted by Crippen LogP contribution is 2.12. The van der Waals surface area contributed by atoms with E-state index in [9.17, 15) is 9.59 Å². The standard InChI is InChI=1S/C15H19NO3/c17-14-4-2-1-3-10-16(14)11-9-12-5-7-13(8-6-12)15(18)19/h5-8H,1-4,9-11H2,(H,18,19). The molecule has 0 spiro atoms. The van der Waals surface area contributed by atoms with E-state index >= 15 is 0 Å². The monoisotopic (exact) mass is 261 g/mol. The van der Waals surface area contributed by atoms with Crippen molar-refractivity contribution < 1.29 is 14.7 Å². The zero-order valence-electron chi connectivity index (χ0n) is 11.0. The zero-order valence-corrected chi connectivity index (χ0v) is 11.0. The summed E-state index contributed by atoms with van der Waals surface area (Å²) in [6.45, 7) is 1.58.